The number of aryl methyl sites for hydroxylation is 3. The molecule has 114 valence electrons. The number of pyridine rings is 1. The monoisotopic (exact) mass is 296 g/mol. The van der Waals surface area contributed by atoms with Crippen molar-refractivity contribution in [3.8, 4) is 0 Å². The highest BCUT2D eigenvalue weighted by Crippen LogP contribution is 2.27. The smallest absolute Gasteiger partial charge is 0.123 e. The SMILES string of the molecule is CCCc1c(C)c2cc(F)ccc2n1CCc1cccnc1. The average Bonchev–Trinajstić information content (AvgIpc) is 2.79. The predicted molar refractivity (Wildman–Crippen MR) is 88.6 cm³/mol. The molecule has 0 radical (unpaired) electrons. The van der Waals surface area contributed by atoms with Crippen molar-refractivity contribution >= 4 is 10.9 Å². The van der Waals surface area contributed by atoms with Gasteiger partial charge < -0.3 is 4.57 Å². The maximum Gasteiger partial charge on any atom is 0.123 e. The molecular formula is C19H21FN2. The van der Waals surface area contributed by atoms with Crippen molar-refractivity contribution in [2.75, 3.05) is 0 Å². The molecule has 2 nitrogen and oxygen atoms in total. The van der Waals surface area contributed by atoms with Gasteiger partial charge in [-0.15, -0.1) is 0 Å². The van der Waals surface area contributed by atoms with E-state index < -0.39 is 0 Å². The van der Waals surface area contributed by atoms with Crippen molar-refractivity contribution in [3.05, 3.63) is 65.4 Å². The zero-order valence-corrected chi connectivity index (χ0v) is 13.1. The van der Waals surface area contributed by atoms with Crippen LogP contribution in [0, 0.1) is 12.7 Å². The molecule has 0 saturated heterocycles. The molecule has 0 atom stereocenters. The van der Waals surface area contributed by atoms with Gasteiger partial charge in [0.25, 0.3) is 0 Å². The fraction of sp³-hybridized carbons (Fsp3) is 0.316. The van der Waals surface area contributed by atoms with Crippen molar-refractivity contribution in [2.24, 2.45) is 0 Å². The molecule has 3 aromatic rings. The maximum absolute atomic E-state index is 13.6. The molecule has 0 spiro atoms. The number of nitrogens with zero attached hydrogens (tertiary/aromatic N) is 2. The van der Waals surface area contributed by atoms with Crippen LogP contribution >= 0.6 is 0 Å². The lowest BCUT2D eigenvalue weighted by molar-refractivity contribution is 0.629. The fourth-order valence-electron chi connectivity index (χ4n) is 3.15. The van der Waals surface area contributed by atoms with Crippen LogP contribution in [0.1, 0.15) is 30.2 Å². The van der Waals surface area contributed by atoms with Gasteiger partial charge in [-0.05, 0) is 55.2 Å². The Kier molecular flexibility index (Phi) is 4.23. The minimum absolute atomic E-state index is 0.164. The molecule has 0 aliphatic rings. The predicted octanol–water partition coefficient (Wildman–Crippen LogP) is 4.68. The molecule has 0 aliphatic heterocycles. The van der Waals surface area contributed by atoms with Crippen LogP contribution in [0.2, 0.25) is 0 Å². The summed E-state index contributed by atoms with van der Waals surface area (Å²) in [5.74, 6) is -0.164. The minimum atomic E-state index is -0.164. The summed E-state index contributed by atoms with van der Waals surface area (Å²) in [6, 6.07) is 9.18. The van der Waals surface area contributed by atoms with Gasteiger partial charge >= 0.3 is 0 Å². The van der Waals surface area contributed by atoms with Gasteiger partial charge in [-0.3, -0.25) is 4.98 Å². The quantitative estimate of drug-likeness (QED) is 0.668. The summed E-state index contributed by atoms with van der Waals surface area (Å²) < 4.78 is 15.9. The Bertz CT molecular complexity index is 775. The van der Waals surface area contributed by atoms with Gasteiger partial charge in [0, 0.05) is 35.5 Å². The molecule has 2 aromatic heterocycles. The molecule has 1 aromatic carbocycles. The van der Waals surface area contributed by atoms with Crippen LogP contribution in [0.3, 0.4) is 0 Å². The van der Waals surface area contributed by atoms with E-state index in [1.54, 1.807) is 18.3 Å². The van der Waals surface area contributed by atoms with Crippen molar-refractivity contribution in [1.82, 2.24) is 9.55 Å². The van der Waals surface area contributed by atoms with Crippen LogP contribution in [-0.4, -0.2) is 9.55 Å². The van der Waals surface area contributed by atoms with Crippen LogP contribution in [0.5, 0.6) is 0 Å². The Hall–Kier alpha value is -2.16. The largest absolute Gasteiger partial charge is 0.344 e. The van der Waals surface area contributed by atoms with Gasteiger partial charge in [0.1, 0.15) is 5.82 Å². The third-order valence-electron chi connectivity index (χ3n) is 4.25. The lowest BCUT2D eigenvalue weighted by Gasteiger charge is -2.11. The zero-order chi connectivity index (χ0) is 15.5. The molecular weight excluding hydrogens is 275 g/mol. The summed E-state index contributed by atoms with van der Waals surface area (Å²) in [6.07, 6.45) is 6.76. The van der Waals surface area contributed by atoms with E-state index in [1.165, 1.54) is 16.8 Å². The van der Waals surface area contributed by atoms with Gasteiger partial charge in [-0.25, -0.2) is 4.39 Å². The molecule has 2 heterocycles. The Morgan fingerprint density at radius 3 is 2.77 bits per heavy atom. The summed E-state index contributed by atoms with van der Waals surface area (Å²) in [5, 5.41) is 1.04. The van der Waals surface area contributed by atoms with Gasteiger partial charge in [-0.2, -0.15) is 0 Å². The summed E-state index contributed by atoms with van der Waals surface area (Å²) in [5.41, 5.74) is 4.90. The van der Waals surface area contributed by atoms with Gasteiger partial charge in [-0.1, -0.05) is 19.4 Å². The van der Waals surface area contributed by atoms with E-state index in [9.17, 15) is 4.39 Å². The summed E-state index contributed by atoms with van der Waals surface area (Å²) in [4.78, 5) is 4.18. The van der Waals surface area contributed by atoms with Gasteiger partial charge in [0.2, 0.25) is 0 Å². The second kappa shape index (κ2) is 6.30. The number of benzene rings is 1. The molecule has 0 unspecified atom stereocenters. The summed E-state index contributed by atoms with van der Waals surface area (Å²) >= 11 is 0. The van der Waals surface area contributed by atoms with Crippen LogP contribution in [0.25, 0.3) is 10.9 Å². The number of aromatic nitrogens is 2. The first-order chi connectivity index (χ1) is 10.7. The highest BCUT2D eigenvalue weighted by atomic mass is 19.1. The molecule has 0 aliphatic carbocycles. The summed E-state index contributed by atoms with van der Waals surface area (Å²) in [7, 11) is 0. The molecule has 0 fully saturated rings. The second-order valence-corrected chi connectivity index (χ2v) is 5.75. The number of halogens is 1. The summed E-state index contributed by atoms with van der Waals surface area (Å²) in [6.45, 7) is 5.19. The fourth-order valence-corrected chi connectivity index (χ4v) is 3.15. The van der Waals surface area contributed by atoms with Crippen LogP contribution in [0.4, 0.5) is 4.39 Å². The van der Waals surface area contributed by atoms with E-state index in [2.05, 4.69) is 29.5 Å². The normalized spacial score (nSPS) is 11.2. The van der Waals surface area contributed by atoms with E-state index in [0.29, 0.717) is 0 Å². The lowest BCUT2D eigenvalue weighted by Crippen LogP contribution is -2.06. The maximum atomic E-state index is 13.6. The highest BCUT2D eigenvalue weighted by molar-refractivity contribution is 5.85. The number of hydrogen-bond acceptors (Lipinski definition) is 1. The molecule has 3 heteroatoms. The van der Waals surface area contributed by atoms with Crippen molar-refractivity contribution < 1.29 is 4.39 Å². The Labute approximate surface area is 130 Å². The molecule has 0 saturated carbocycles. The van der Waals surface area contributed by atoms with Crippen molar-refractivity contribution in [2.45, 2.75) is 39.7 Å². The molecule has 22 heavy (non-hydrogen) atoms. The van der Waals surface area contributed by atoms with E-state index >= 15 is 0 Å². The average molecular weight is 296 g/mol. The minimum Gasteiger partial charge on any atom is -0.344 e. The van der Waals surface area contributed by atoms with Crippen LogP contribution < -0.4 is 0 Å². The first-order valence-corrected chi connectivity index (χ1v) is 7.87. The van der Waals surface area contributed by atoms with Crippen molar-refractivity contribution in [3.63, 3.8) is 0 Å². The molecule has 3 rings (SSSR count). The second-order valence-electron chi connectivity index (χ2n) is 5.75. The Balaban J connectivity index is 2.01. The Morgan fingerprint density at radius 1 is 1.18 bits per heavy atom. The van der Waals surface area contributed by atoms with Crippen LogP contribution in [-0.2, 0) is 19.4 Å². The highest BCUT2D eigenvalue weighted by Gasteiger charge is 2.14. The standard InChI is InChI=1S/C19H21FN2/c1-3-5-18-14(2)17-12-16(20)7-8-19(17)22(18)11-9-15-6-4-10-21-13-15/h4,6-8,10,12-13H,3,5,9,11H2,1-2H3. The number of fused-ring (bicyclic) bond motifs is 1. The number of rotatable bonds is 5. The third kappa shape index (κ3) is 2.76. The van der Waals surface area contributed by atoms with E-state index in [0.717, 1.165) is 36.7 Å². The van der Waals surface area contributed by atoms with Crippen LogP contribution in [0.15, 0.2) is 42.7 Å². The van der Waals surface area contributed by atoms with Crippen molar-refractivity contribution in [1.29, 1.82) is 0 Å². The lowest BCUT2D eigenvalue weighted by atomic mass is 10.1. The van der Waals surface area contributed by atoms with E-state index in [1.807, 2.05) is 18.3 Å². The first kappa shape index (κ1) is 14.8. The molecule has 0 amide bonds. The van der Waals surface area contributed by atoms with E-state index in [-0.39, 0.29) is 5.82 Å². The molecule has 0 N–H and O–H groups in total. The topological polar surface area (TPSA) is 17.8 Å². The first-order valence-electron chi connectivity index (χ1n) is 7.87. The Morgan fingerprint density at radius 2 is 2.05 bits per heavy atom. The van der Waals surface area contributed by atoms with Gasteiger partial charge in [0.15, 0.2) is 0 Å². The zero-order valence-electron chi connectivity index (χ0n) is 13.1. The number of hydrogen-bond donors (Lipinski definition) is 0. The van der Waals surface area contributed by atoms with Gasteiger partial charge in [0.05, 0.1) is 0 Å². The van der Waals surface area contributed by atoms with E-state index in [4.69, 9.17) is 0 Å². The molecule has 0 bridgehead atoms. The third-order valence-corrected chi connectivity index (χ3v) is 4.25.